The molecule has 0 bridgehead atoms. The van der Waals surface area contributed by atoms with Gasteiger partial charge in [0.15, 0.2) is 0 Å². The van der Waals surface area contributed by atoms with Crippen molar-refractivity contribution in [2.24, 2.45) is 11.8 Å². The number of aryl methyl sites for hydroxylation is 1. The highest BCUT2D eigenvalue weighted by atomic mass is 16.5. The summed E-state index contributed by atoms with van der Waals surface area (Å²) < 4.78 is 7.41. The lowest BCUT2D eigenvalue weighted by Crippen LogP contribution is -2.23. The van der Waals surface area contributed by atoms with Crippen molar-refractivity contribution in [2.75, 3.05) is 13.2 Å². The highest BCUT2D eigenvalue weighted by Crippen LogP contribution is 2.34. The van der Waals surface area contributed by atoms with Crippen LogP contribution in [0, 0.1) is 18.8 Å². The summed E-state index contributed by atoms with van der Waals surface area (Å²) in [5, 5.41) is 13.7. The summed E-state index contributed by atoms with van der Waals surface area (Å²) in [7, 11) is 0. The lowest BCUT2D eigenvalue weighted by molar-refractivity contribution is -0.142. The van der Waals surface area contributed by atoms with Crippen LogP contribution in [-0.4, -0.2) is 34.1 Å². The fraction of sp³-hybridized carbons (Fsp3) is 0.385. The van der Waals surface area contributed by atoms with Crippen LogP contribution < -0.4 is 0 Å². The maximum absolute atomic E-state index is 10.6. The lowest BCUT2D eigenvalue weighted by Gasteiger charge is -2.28. The van der Waals surface area contributed by atoms with Crippen molar-refractivity contribution in [1.82, 2.24) is 9.78 Å². The minimum absolute atomic E-state index is 0.197. The van der Waals surface area contributed by atoms with E-state index in [0.717, 1.165) is 43.5 Å². The Morgan fingerprint density at radius 3 is 2.45 bits per heavy atom. The minimum atomic E-state index is -0.897. The van der Waals surface area contributed by atoms with Crippen LogP contribution in [-0.2, 0) is 16.1 Å². The van der Waals surface area contributed by atoms with E-state index in [2.05, 4.69) is 66.3 Å². The maximum Gasteiger partial charge on any atom is 0.329 e. The molecule has 0 spiro atoms. The second-order valence-corrected chi connectivity index (χ2v) is 8.64. The number of benzene rings is 2. The Hall–Kier alpha value is -2.92. The fourth-order valence-corrected chi connectivity index (χ4v) is 4.51. The SMILES string of the molecule is Cc1cccc(-c2cn(C[C@H]3CC[C@H](COCC(=O)O)CC3)nc2-c2ccccc2)c1. The van der Waals surface area contributed by atoms with Crippen LogP contribution >= 0.6 is 0 Å². The van der Waals surface area contributed by atoms with E-state index in [1.165, 1.54) is 16.7 Å². The Morgan fingerprint density at radius 1 is 1.03 bits per heavy atom. The topological polar surface area (TPSA) is 64.3 Å². The van der Waals surface area contributed by atoms with Gasteiger partial charge in [0.2, 0.25) is 0 Å². The van der Waals surface area contributed by atoms with E-state index in [4.69, 9.17) is 14.9 Å². The quantitative estimate of drug-likeness (QED) is 0.529. The lowest BCUT2D eigenvalue weighted by atomic mass is 9.82. The molecule has 1 aromatic heterocycles. The highest BCUT2D eigenvalue weighted by Gasteiger charge is 2.23. The van der Waals surface area contributed by atoms with Crippen molar-refractivity contribution in [3.8, 4) is 22.4 Å². The molecular weight excluding hydrogens is 388 g/mol. The summed E-state index contributed by atoms with van der Waals surface area (Å²) in [6, 6.07) is 19.0. The van der Waals surface area contributed by atoms with Crippen LogP contribution in [0.4, 0.5) is 0 Å². The van der Waals surface area contributed by atoms with Crippen molar-refractivity contribution >= 4 is 5.97 Å². The molecule has 5 heteroatoms. The molecule has 31 heavy (non-hydrogen) atoms. The van der Waals surface area contributed by atoms with E-state index in [1.54, 1.807) is 0 Å². The minimum Gasteiger partial charge on any atom is -0.480 e. The molecule has 0 atom stereocenters. The predicted octanol–water partition coefficient (Wildman–Crippen LogP) is 5.43. The molecule has 2 aromatic carbocycles. The molecule has 1 aliphatic rings. The molecule has 0 aliphatic heterocycles. The van der Waals surface area contributed by atoms with Crippen LogP contribution in [0.25, 0.3) is 22.4 Å². The first-order chi connectivity index (χ1) is 15.1. The number of aromatic nitrogens is 2. The van der Waals surface area contributed by atoms with Crippen LogP contribution in [0.15, 0.2) is 60.8 Å². The molecule has 1 saturated carbocycles. The average molecular weight is 419 g/mol. The number of ether oxygens (including phenoxy) is 1. The number of hydrogen-bond acceptors (Lipinski definition) is 3. The van der Waals surface area contributed by atoms with E-state index in [1.807, 2.05) is 6.07 Å². The number of hydrogen-bond donors (Lipinski definition) is 1. The van der Waals surface area contributed by atoms with Gasteiger partial charge in [0.25, 0.3) is 0 Å². The number of carboxylic acid groups (broad SMARTS) is 1. The molecule has 1 fully saturated rings. The normalized spacial score (nSPS) is 18.7. The van der Waals surface area contributed by atoms with Crippen LogP contribution in [0.2, 0.25) is 0 Å². The molecule has 0 amide bonds. The standard InChI is InChI=1S/C26H30N2O3/c1-19-6-5-9-23(14-19)24-16-28(27-26(24)22-7-3-2-4-8-22)15-20-10-12-21(13-11-20)17-31-18-25(29)30/h2-9,14,16,20-21H,10-13,15,17-18H2,1H3,(H,29,30)/t20-,21-. The number of carbonyl (C=O) groups is 1. The Kier molecular flexibility index (Phi) is 6.82. The van der Waals surface area contributed by atoms with Gasteiger partial charge in [-0.05, 0) is 50.0 Å². The Labute approximate surface area is 183 Å². The van der Waals surface area contributed by atoms with Gasteiger partial charge < -0.3 is 9.84 Å². The molecule has 162 valence electrons. The monoisotopic (exact) mass is 418 g/mol. The fourth-order valence-electron chi connectivity index (χ4n) is 4.51. The molecule has 1 aliphatic carbocycles. The maximum atomic E-state index is 10.6. The van der Waals surface area contributed by atoms with Gasteiger partial charge in [-0.15, -0.1) is 0 Å². The average Bonchev–Trinajstić information content (AvgIpc) is 3.19. The van der Waals surface area contributed by atoms with Crippen molar-refractivity contribution in [1.29, 1.82) is 0 Å². The summed E-state index contributed by atoms with van der Waals surface area (Å²) >= 11 is 0. The molecule has 4 rings (SSSR count). The third-order valence-corrected chi connectivity index (χ3v) is 6.13. The zero-order chi connectivity index (χ0) is 21.6. The number of carboxylic acids is 1. The van der Waals surface area contributed by atoms with Gasteiger partial charge in [0.05, 0.1) is 6.61 Å². The molecule has 0 saturated heterocycles. The zero-order valence-electron chi connectivity index (χ0n) is 18.0. The first-order valence-electron chi connectivity index (χ1n) is 11.1. The summed E-state index contributed by atoms with van der Waals surface area (Å²) in [6.45, 7) is 3.39. The van der Waals surface area contributed by atoms with Gasteiger partial charge in [-0.25, -0.2) is 4.79 Å². The molecule has 0 radical (unpaired) electrons. The molecule has 1 heterocycles. The summed E-state index contributed by atoms with van der Waals surface area (Å²) in [5.41, 5.74) is 5.78. The van der Waals surface area contributed by atoms with Crippen molar-refractivity contribution < 1.29 is 14.6 Å². The van der Waals surface area contributed by atoms with E-state index in [9.17, 15) is 4.79 Å². The first-order valence-corrected chi connectivity index (χ1v) is 11.1. The van der Waals surface area contributed by atoms with Gasteiger partial charge in [0.1, 0.15) is 12.3 Å². The number of aliphatic carboxylic acids is 1. The highest BCUT2D eigenvalue weighted by molar-refractivity contribution is 5.80. The number of rotatable bonds is 8. The third-order valence-electron chi connectivity index (χ3n) is 6.13. The van der Waals surface area contributed by atoms with Gasteiger partial charge in [-0.2, -0.15) is 5.10 Å². The first kappa shape index (κ1) is 21.3. The Morgan fingerprint density at radius 2 is 1.74 bits per heavy atom. The zero-order valence-corrected chi connectivity index (χ0v) is 18.0. The van der Waals surface area contributed by atoms with Gasteiger partial charge in [0, 0.05) is 23.9 Å². The molecule has 1 N–H and O–H groups in total. The van der Waals surface area contributed by atoms with Crippen molar-refractivity contribution in [3.63, 3.8) is 0 Å². The van der Waals surface area contributed by atoms with Gasteiger partial charge in [-0.1, -0.05) is 60.2 Å². The summed E-state index contributed by atoms with van der Waals surface area (Å²) in [4.78, 5) is 10.6. The van der Waals surface area contributed by atoms with E-state index in [0.29, 0.717) is 18.4 Å². The van der Waals surface area contributed by atoms with Crippen molar-refractivity contribution in [3.05, 3.63) is 66.4 Å². The molecule has 5 nitrogen and oxygen atoms in total. The van der Waals surface area contributed by atoms with Crippen molar-refractivity contribution in [2.45, 2.75) is 39.2 Å². The van der Waals surface area contributed by atoms with Crippen LogP contribution in [0.3, 0.4) is 0 Å². The van der Waals surface area contributed by atoms with Gasteiger partial charge in [-0.3, -0.25) is 4.68 Å². The Balaban J connectivity index is 1.47. The summed E-state index contributed by atoms with van der Waals surface area (Å²) in [5.74, 6) is 0.159. The molecular formula is C26H30N2O3. The molecule has 3 aromatic rings. The van der Waals surface area contributed by atoms with E-state index < -0.39 is 5.97 Å². The van der Waals surface area contributed by atoms with Crippen LogP contribution in [0.5, 0.6) is 0 Å². The second-order valence-electron chi connectivity index (χ2n) is 8.64. The Bertz CT molecular complexity index is 1000. The third kappa shape index (κ3) is 5.61. The molecule has 0 unspecified atom stereocenters. The number of nitrogens with zero attached hydrogens (tertiary/aromatic N) is 2. The van der Waals surface area contributed by atoms with E-state index in [-0.39, 0.29) is 6.61 Å². The van der Waals surface area contributed by atoms with E-state index >= 15 is 0 Å². The largest absolute Gasteiger partial charge is 0.480 e. The smallest absolute Gasteiger partial charge is 0.329 e. The summed E-state index contributed by atoms with van der Waals surface area (Å²) in [6.07, 6.45) is 6.62. The van der Waals surface area contributed by atoms with Crippen LogP contribution in [0.1, 0.15) is 31.2 Å². The predicted molar refractivity (Wildman–Crippen MR) is 122 cm³/mol. The van der Waals surface area contributed by atoms with Gasteiger partial charge >= 0.3 is 5.97 Å². The second kappa shape index (κ2) is 9.92.